The van der Waals surface area contributed by atoms with Crippen LogP contribution in [0.4, 0.5) is 11.4 Å². The summed E-state index contributed by atoms with van der Waals surface area (Å²) >= 11 is 0. The third kappa shape index (κ3) is 1.91. The van der Waals surface area contributed by atoms with Gasteiger partial charge in [-0.15, -0.1) is 0 Å². The Balaban J connectivity index is 2.01. The monoisotopic (exact) mass is 229 g/mol. The van der Waals surface area contributed by atoms with E-state index >= 15 is 0 Å². The van der Waals surface area contributed by atoms with Gasteiger partial charge in [-0.2, -0.15) is 0 Å². The van der Waals surface area contributed by atoms with Crippen molar-refractivity contribution in [2.24, 2.45) is 0 Å². The van der Waals surface area contributed by atoms with Gasteiger partial charge in [-0.3, -0.25) is 4.98 Å². The van der Waals surface area contributed by atoms with Crippen molar-refractivity contribution in [1.29, 1.82) is 0 Å². The van der Waals surface area contributed by atoms with E-state index in [-0.39, 0.29) is 0 Å². The highest BCUT2D eigenvalue weighted by Crippen LogP contribution is 2.26. The van der Waals surface area contributed by atoms with Crippen LogP contribution in [0.15, 0.2) is 30.5 Å². The zero-order valence-corrected chi connectivity index (χ0v) is 9.52. The van der Waals surface area contributed by atoms with E-state index in [0.717, 1.165) is 36.2 Å². The molecule has 1 aromatic heterocycles. The largest absolute Gasteiger partial charge is 0.397 e. The molecule has 1 fully saturated rings. The average molecular weight is 229 g/mol. The Morgan fingerprint density at radius 1 is 1.35 bits per heavy atom. The number of rotatable bonds is 2. The van der Waals surface area contributed by atoms with Crippen LogP contribution < -0.4 is 11.1 Å². The second-order valence-electron chi connectivity index (χ2n) is 4.31. The van der Waals surface area contributed by atoms with E-state index in [4.69, 9.17) is 10.5 Å². The van der Waals surface area contributed by atoms with Gasteiger partial charge in [-0.25, -0.2) is 0 Å². The molecular weight excluding hydrogens is 214 g/mol. The molecule has 1 aromatic carbocycles. The third-order valence-corrected chi connectivity index (χ3v) is 3.09. The molecule has 1 aliphatic heterocycles. The fraction of sp³-hybridized carbons (Fsp3) is 0.308. The lowest BCUT2D eigenvalue weighted by Crippen LogP contribution is -2.19. The Labute approximate surface area is 99.8 Å². The van der Waals surface area contributed by atoms with Crippen molar-refractivity contribution in [2.75, 3.05) is 24.3 Å². The van der Waals surface area contributed by atoms with Crippen LogP contribution in [-0.4, -0.2) is 24.2 Å². The molecule has 3 rings (SSSR count). The van der Waals surface area contributed by atoms with Crippen molar-refractivity contribution >= 4 is 22.3 Å². The zero-order valence-electron chi connectivity index (χ0n) is 9.52. The standard InChI is InChI=1S/C13H15N3O/c14-11-3-1-2-10-12(4-6-15-13(10)11)16-9-5-7-17-8-9/h1-4,6,9H,5,7-8,14H2,(H,15,16). The second kappa shape index (κ2) is 4.22. The highest BCUT2D eigenvalue weighted by Gasteiger charge is 2.16. The van der Waals surface area contributed by atoms with Gasteiger partial charge in [0.25, 0.3) is 0 Å². The quantitative estimate of drug-likeness (QED) is 0.773. The van der Waals surface area contributed by atoms with Gasteiger partial charge < -0.3 is 15.8 Å². The summed E-state index contributed by atoms with van der Waals surface area (Å²) in [6.45, 7) is 1.61. The summed E-state index contributed by atoms with van der Waals surface area (Å²) in [4.78, 5) is 4.32. The van der Waals surface area contributed by atoms with Crippen LogP contribution >= 0.6 is 0 Å². The summed E-state index contributed by atoms with van der Waals surface area (Å²) in [5, 5.41) is 4.56. The number of pyridine rings is 1. The highest BCUT2D eigenvalue weighted by molar-refractivity contribution is 5.97. The molecule has 1 unspecified atom stereocenters. The molecule has 0 saturated carbocycles. The van der Waals surface area contributed by atoms with Crippen LogP contribution in [0.2, 0.25) is 0 Å². The van der Waals surface area contributed by atoms with Gasteiger partial charge in [-0.05, 0) is 18.6 Å². The maximum atomic E-state index is 5.92. The summed E-state index contributed by atoms with van der Waals surface area (Å²) < 4.78 is 5.36. The molecule has 2 aromatic rings. The number of aromatic nitrogens is 1. The van der Waals surface area contributed by atoms with Gasteiger partial charge in [-0.1, -0.05) is 12.1 Å². The summed E-state index contributed by atoms with van der Waals surface area (Å²) in [6.07, 6.45) is 2.84. The van der Waals surface area contributed by atoms with E-state index < -0.39 is 0 Å². The molecule has 2 heterocycles. The number of fused-ring (bicyclic) bond motifs is 1. The first-order valence-corrected chi connectivity index (χ1v) is 5.82. The van der Waals surface area contributed by atoms with Crippen LogP contribution in [-0.2, 0) is 4.74 Å². The molecule has 1 saturated heterocycles. The molecular formula is C13H15N3O. The molecule has 0 radical (unpaired) electrons. The second-order valence-corrected chi connectivity index (χ2v) is 4.31. The molecule has 0 amide bonds. The molecule has 1 atom stereocenters. The maximum absolute atomic E-state index is 5.92. The third-order valence-electron chi connectivity index (χ3n) is 3.09. The fourth-order valence-corrected chi connectivity index (χ4v) is 2.19. The summed E-state index contributed by atoms with van der Waals surface area (Å²) in [5.41, 5.74) is 8.57. The van der Waals surface area contributed by atoms with Crippen molar-refractivity contribution in [3.63, 3.8) is 0 Å². The van der Waals surface area contributed by atoms with E-state index in [1.54, 1.807) is 6.20 Å². The summed E-state index contributed by atoms with van der Waals surface area (Å²) in [6, 6.07) is 8.24. The maximum Gasteiger partial charge on any atom is 0.0951 e. The molecule has 0 spiro atoms. The number of hydrogen-bond donors (Lipinski definition) is 2. The molecule has 88 valence electrons. The first kappa shape index (κ1) is 10.4. The topological polar surface area (TPSA) is 60.2 Å². The predicted octanol–water partition coefficient (Wildman–Crippen LogP) is 2.02. The van der Waals surface area contributed by atoms with E-state index in [1.807, 2.05) is 24.3 Å². The number of benzene rings is 1. The van der Waals surface area contributed by atoms with Crippen LogP contribution in [0, 0.1) is 0 Å². The van der Waals surface area contributed by atoms with Crippen molar-refractivity contribution in [1.82, 2.24) is 4.98 Å². The van der Waals surface area contributed by atoms with Crippen molar-refractivity contribution in [2.45, 2.75) is 12.5 Å². The number of ether oxygens (including phenoxy) is 1. The van der Waals surface area contributed by atoms with E-state index in [2.05, 4.69) is 10.3 Å². The Bertz CT molecular complexity index is 535. The van der Waals surface area contributed by atoms with Gasteiger partial charge in [0.05, 0.1) is 23.9 Å². The first-order chi connectivity index (χ1) is 8.34. The number of anilines is 2. The van der Waals surface area contributed by atoms with Crippen molar-refractivity contribution < 1.29 is 4.74 Å². The first-order valence-electron chi connectivity index (χ1n) is 5.82. The number of nitrogens with one attached hydrogen (secondary N) is 1. The number of nitrogen functional groups attached to an aromatic ring is 1. The molecule has 1 aliphatic rings. The van der Waals surface area contributed by atoms with E-state index in [0.29, 0.717) is 11.7 Å². The molecule has 0 bridgehead atoms. The van der Waals surface area contributed by atoms with Gasteiger partial charge in [0.1, 0.15) is 0 Å². The Hall–Kier alpha value is -1.81. The molecule has 4 nitrogen and oxygen atoms in total. The molecule has 3 N–H and O–H groups in total. The number of nitrogens with two attached hydrogens (primary N) is 1. The van der Waals surface area contributed by atoms with Gasteiger partial charge in [0.15, 0.2) is 0 Å². The van der Waals surface area contributed by atoms with E-state index in [1.165, 1.54) is 0 Å². The summed E-state index contributed by atoms with van der Waals surface area (Å²) in [7, 11) is 0. The lowest BCUT2D eigenvalue weighted by molar-refractivity contribution is 0.195. The zero-order chi connectivity index (χ0) is 11.7. The predicted molar refractivity (Wildman–Crippen MR) is 69.0 cm³/mol. The van der Waals surface area contributed by atoms with Crippen LogP contribution in [0.1, 0.15) is 6.42 Å². The van der Waals surface area contributed by atoms with E-state index in [9.17, 15) is 0 Å². The Morgan fingerprint density at radius 2 is 2.29 bits per heavy atom. The van der Waals surface area contributed by atoms with Gasteiger partial charge in [0.2, 0.25) is 0 Å². The normalized spacial score (nSPS) is 19.6. The fourth-order valence-electron chi connectivity index (χ4n) is 2.19. The SMILES string of the molecule is Nc1cccc2c(NC3CCOC3)ccnc12. The number of para-hydroxylation sites is 1. The minimum absolute atomic E-state index is 0.391. The molecule has 0 aliphatic carbocycles. The number of hydrogen-bond acceptors (Lipinski definition) is 4. The molecule has 17 heavy (non-hydrogen) atoms. The molecule has 4 heteroatoms. The minimum Gasteiger partial charge on any atom is -0.397 e. The lowest BCUT2D eigenvalue weighted by Gasteiger charge is -2.14. The average Bonchev–Trinajstić information content (AvgIpc) is 2.83. The van der Waals surface area contributed by atoms with Crippen molar-refractivity contribution in [3.05, 3.63) is 30.5 Å². The van der Waals surface area contributed by atoms with Crippen LogP contribution in [0.25, 0.3) is 10.9 Å². The summed E-state index contributed by atoms with van der Waals surface area (Å²) in [5.74, 6) is 0. The lowest BCUT2D eigenvalue weighted by atomic mass is 10.1. The van der Waals surface area contributed by atoms with Crippen molar-refractivity contribution in [3.8, 4) is 0 Å². The minimum atomic E-state index is 0.391. The Kier molecular flexibility index (Phi) is 2.57. The highest BCUT2D eigenvalue weighted by atomic mass is 16.5. The van der Waals surface area contributed by atoms with Crippen LogP contribution in [0.3, 0.4) is 0 Å². The van der Waals surface area contributed by atoms with Crippen LogP contribution in [0.5, 0.6) is 0 Å². The Morgan fingerprint density at radius 3 is 3.12 bits per heavy atom. The number of nitrogens with zero attached hydrogens (tertiary/aromatic N) is 1. The van der Waals surface area contributed by atoms with Gasteiger partial charge in [0, 0.05) is 23.9 Å². The van der Waals surface area contributed by atoms with Gasteiger partial charge >= 0.3 is 0 Å². The smallest absolute Gasteiger partial charge is 0.0951 e.